The van der Waals surface area contributed by atoms with Gasteiger partial charge in [-0.25, -0.2) is 4.79 Å². The lowest BCUT2D eigenvalue weighted by Crippen LogP contribution is -2.36. The maximum atomic E-state index is 11.8. The summed E-state index contributed by atoms with van der Waals surface area (Å²) in [6.07, 6.45) is 7.91. The lowest BCUT2D eigenvalue weighted by atomic mass is 10.00. The van der Waals surface area contributed by atoms with Gasteiger partial charge in [-0.05, 0) is 11.1 Å². The van der Waals surface area contributed by atoms with E-state index in [9.17, 15) is 4.79 Å². The van der Waals surface area contributed by atoms with E-state index in [0.29, 0.717) is 0 Å². The van der Waals surface area contributed by atoms with Crippen LogP contribution in [0, 0.1) is 0 Å². The maximum absolute atomic E-state index is 11.8. The Morgan fingerprint density at radius 1 is 1.24 bits per heavy atom. The van der Waals surface area contributed by atoms with Gasteiger partial charge in [0.2, 0.25) is 0 Å². The topological polar surface area (TPSA) is 29.5 Å². The molecule has 0 aromatic heterocycles. The molecule has 0 fully saturated rings. The minimum Gasteiger partial charge on any atom is -0.453 e. The minimum atomic E-state index is -0.286. The van der Waals surface area contributed by atoms with Crippen molar-refractivity contribution in [3.05, 3.63) is 53.6 Å². The standard InChI is InChI=1S/C14H13NO2/c1-17-14(16)15-11-7-6-10-4-2-3-5-12(10)13(15)9-8-11/h2-9,11,13H,1H3. The van der Waals surface area contributed by atoms with E-state index in [2.05, 4.69) is 24.3 Å². The maximum Gasteiger partial charge on any atom is 0.411 e. The normalized spacial score (nSPS) is 24.4. The third-order valence-electron chi connectivity index (χ3n) is 3.28. The first-order valence-corrected chi connectivity index (χ1v) is 5.63. The van der Waals surface area contributed by atoms with E-state index in [1.807, 2.05) is 24.3 Å². The zero-order valence-corrected chi connectivity index (χ0v) is 9.54. The molecule has 0 radical (unpaired) electrons. The predicted octanol–water partition coefficient (Wildman–Crippen LogP) is 2.76. The second kappa shape index (κ2) is 3.77. The van der Waals surface area contributed by atoms with E-state index in [-0.39, 0.29) is 18.2 Å². The molecule has 3 nitrogen and oxygen atoms in total. The first-order chi connectivity index (χ1) is 8.31. The van der Waals surface area contributed by atoms with Crippen molar-refractivity contribution in [2.75, 3.05) is 7.11 Å². The molecule has 1 amide bonds. The van der Waals surface area contributed by atoms with E-state index in [1.54, 1.807) is 4.90 Å². The molecular formula is C14H13NO2. The lowest BCUT2D eigenvalue weighted by Gasteiger charge is -2.26. The molecule has 2 aliphatic rings. The summed E-state index contributed by atoms with van der Waals surface area (Å²) in [6.45, 7) is 0. The van der Waals surface area contributed by atoms with E-state index >= 15 is 0 Å². The molecule has 2 atom stereocenters. The predicted molar refractivity (Wildman–Crippen MR) is 65.4 cm³/mol. The summed E-state index contributed by atoms with van der Waals surface area (Å²) in [5, 5.41) is 0. The van der Waals surface area contributed by atoms with Gasteiger partial charge in [-0.1, -0.05) is 48.6 Å². The molecule has 3 heteroatoms. The Labute approximate surface area is 100.0 Å². The van der Waals surface area contributed by atoms with Crippen molar-refractivity contribution >= 4 is 12.2 Å². The monoisotopic (exact) mass is 227 g/mol. The average Bonchev–Trinajstić information content (AvgIpc) is 2.70. The Bertz CT molecular complexity index is 519. The summed E-state index contributed by atoms with van der Waals surface area (Å²) in [6, 6.07) is 8.11. The highest BCUT2D eigenvalue weighted by Gasteiger charge is 2.35. The Kier molecular flexibility index (Phi) is 2.25. The summed E-state index contributed by atoms with van der Waals surface area (Å²) in [5.74, 6) is 0. The number of methoxy groups -OCH3 is 1. The number of fused-ring (bicyclic) bond motifs is 4. The Morgan fingerprint density at radius 3 is 2.88 bits per heavy atom. The van der Waals surface area contributed by atoms with Crippen LogP contribution in [0.2, 0.25) is 0 Å². The van der Waals surface area contributed by atoms with Crippen LogP contribution in [-0.4, -0.2) is 24.1 Å². The van der Waals surface area contributed by atoms with E-state index in [4.69, 9.17) is 4.74 Å². The Hall–Kier alpha value is -2.03. The number of ether oxygens (including phenoxy) is 1. The SMILES string of the molecule is COC(=O)N1C2C=Cc3ccccc3C1C=C2. The molecule has 2 aliphatic heterocycles. The van der Waals surface area contributed by atoms with Gasteiger partial charge in [-0.2, -0.15) is 0 Å². The van der Waals surface area contributed by atoms with Crippen LogP contribution in [0.4, 0.5) is 4.79 Å². The molecule has 0 spiro atoms. The molecule has 0 aliphatic carbocycles. The second-order valence-corrected chi connectivity index (χ2v) is 4.19. The quantitative estimate of drug-likeness (QED) is 0.638. The lowest BCUT2D eigenvalue weighted by molar-refractivity contribution is 0.114. The second-order valence-electron chi connectivity index (χ2n) is 4.19. The summed E-state index contributed by atoms with van der Waals surface area (Å²) < 4.78 is 4.85. The number of amides is 1. The van der Waals surface area contributed by atoms with Gasteiger partial charge in [0.25, 0.3) is 0 Å². The molecule has 17 heavy (non-hydrogen) atoms. The first kappa shape index (κ1) is 10.1. The van der Waals surface area contributed by atoms with Gasteiger partial charge in [0.05, 0.1) is 19.2 Å². The summed E-state index contributed by atoms with van der Waals surface area (Å²) in [7, 11) is 1.42. The van der Waals surface area contributed by atoms with Gasteiger partial charge < -0.3 is 4.74 Å². The molecule has 0 N–H and O–H groups in total. The van der Waals surface area contributed by atoms with Crippen molar-refractivity contribution < 1.29 is 9.53 Å². The van der Waals surface area contributed by atoms with Crippen molar-refractivity contribution in [3.63, 3.8) is 0 Å². The highest BCUT2D eigenvalue weighted by molar-refractivity contribution is 5.73. The van der Waals surface area contributed by atoms with Crippen LogP contribution in [0.5, 0.6) is 0 Å². The van der Waals surface area contributed by atoms with Crippen LogP contribution in [0.1, 0.15) is 17.2 Å². The molecule has 3 rings (SSSR count). The molecule has 86 valence electrons. The van der Waals surface area contributed by atoms with E-state index < -0.39 is 0 Å². The van der Waals surface area contributed by atoms with Crippen molar-refractivity contribution in [1.82, 2.24) is 4.90 Å². The summed E-state index contributed by atoms with van der Waals surface area (Å²) in [5.41, 5.74) is 2.31. The van der Waals surface area contributed by atoms with Crippen LogP contribution < -0.4 is 0 Å². The average molecular weight is 227 g/mol. The van der Waals surface area contributed by atoms with Crippen LogP contribution in [-0.2, 0) is 4.74 Å². The van der Waals surface area contributed by atoms with Crippen molar-refractivity contribution in [2.45, 2.75) is 12.1 Å². The van der Waals surface area contributed by atoms with Crippen LogP contribution in [0.15, 0.2) is 42.5 Å². The number of benzene rings is 1. The number of hydrogen-bond acceptors (Lipinski definition) is 2. The minimum absolute atomic E-state index is 0.000139. The Morgan fingerprint density at radius 2 is 2.06 bits per heavy atom. The number of nitrogens with zero attached hydrogens (tertiary/aromatic N) is 1. The van der Waals surface area contributed by atoms with Gasteiger partial charge in [0.15, 0.2) is 0 Å². The van der Waals surface area contributed by atoms with Gasteiger partial charge >= 0.3 is 6.09 Å². The third kappa shape index (κ3) is 1.46. The van der Waals surface area contributed by atoms with Crippen LogP contribution in [0.3, 0.4) is 0 Å². The summed E-state index contributed by atoms with van der Waals surface area (Å²) >= 11 is 0. The first-order valence-electron chi connectivity index (χ1n) is 5.63. The number of carbonyl (C=O) groups is 1. The zero-order chi connectivity index (χ0) is 11.8. The van der Waals surface area contributed by atoms with Gasteiger partial charge in [-0.15, -0.1) is 0 Å². The number of carbonyl (C=O) groups excluding carboxylic acids is 1. The van der Waals surface area contributed by atoms with Crippen molar-refractivity contribution in [1.29, 1.82) is 0 Å². The highest BCUT2D eigenvalue weighted by Crippen LogP contribution is 2.36. The number of rotatable bonds is 0. The molecule has 2 unspecified atom stereocenters. The highest BCUT2D eigenvalue weighted by atomic mass is 16.5. The molecular weight excluding hydrogens is 214 g/mol. The van der Waals surface area contributed by atoms with Crippen LogP contribution in [0.25, 0.3) is 6.08 Å². The van der Waals surface area contributed by atoms with Crippen molar-refractivity contribution in [3.8, 4) is 0 Å². The van der Waals surface area contributed by atoms with Gasteiger partial charge in [0, 0.05) is 0 Å². The van der Waals surface area contributed by atoms with E-state index in [0.717, 1.165) is 5.56 Å². The third-order valence-corrected chi connectivity index (χ3v) is 3.28. The fourth-order valence-electron chi connectivity index (χ4n) is 2.48. The fraction of sp³-hybridized carbons (Fsp3) is 0.214. The van der Waals surface area contributed by atoms with Gasteiger partial charge in [-0.3, -0.25) is 4.90 Å². The van der Waals surface area contributed by atoms with Crippen LogP contribution >= 0.6 is 0 Å². The van der Waals surface area contributed by atoms with E-state index in [1.165, 1.54) is 12.7 Å². The molecule has 2 heterocycles. The molecule has 0 saturated carbocycles. The molecule has 1 aromatic rings. The number of hydrogen-bond donors (Lipinski definition) is 0. The molecule has 2 bridgehead atoms. The largest absolute Gasteiger partial charge is 0.453 e. The molecule has 1 aromatic carbocycles. The smallest absolute Gasteiger partial charge is 0.411 e. The Balaban J connectivity index is 2.11. The fourth-order valence-corrected chi connectivity index (χ4v) is 2.48. The summed E-state index contributed by atoms with van der Waals surface area (Å²) in [4.78, 5) is 13.6. The van der Waals surface area contributed by atoms with Gasteiger partial charge in [0.1, 0.15) is 0 Å². The zero-order valence-electron chi connectivity index (χ0n) is 9.54. The van der Waals surface area contributed by atoms with Crippen molar-refractivity contribution in [2.24, 2.45) is 0 Å². The molecule has 0 saturated heterocycles.